The standard InChI is InChI=1S/C23H17F7N4O2S/c24-17-10-13(4-5-16(17)23(28,29)30)19(35)32-21-31-18(12-37-21)20(36)34-8-6-33(7-9-34)15-3-1-2-14(11-15)22(25,26)27/h1-5,10-12H,6-9H2,(H,31,32,35). The van der Waals surface area contributed by atoms with Crippen molar-refractivity contribution in [3.63, 3.8) is 0 Å². The smallest absolute Gasteiger partial charge is 0.368 e. The molecule has 0 bridgehead atoms. The Kier molecular flexibility index (Phi) is 7.13. The van der Waals surface area contributed by atoms with Crippen molar-refractivity contribution < 1.29 is 40.3 Å². The molecule has 2 aromatic carbocycles. The number of alkyl halides is 6. The van der Waals surface area contributed by atoms with Gasteiger partial charge in [0.25, 0.3) is 11.8 Å². The van der Waals surface area contributed by atoms with Crippen LogP contribution in [0.3, 0.4) is 0 Å². The van der Waals surface area contributed by atoms with Gasteiger partial charge in [0.1, 0.15) is 11.5 Å². The van der Waals surface area contributed by atoms with Crippen LogP contribution in [0.2, 0.25) is 0 Å². The predicted octanol–water partition coefficient (Wildman–Crippen LogP) is 5.53. The Morgan fingerprint density at radius 1 is 0.919 bits per heavy atom. The van der Waals surface area contributed by atoms with Crippen LogP contribution in [0.1, 0.15) is 32.0 Å². The van der Waals surface area contributed by atoms with E-state index in [1.54, 1.807) is 11.0 Å². The Bertz CT molecular complexity index is 1310. The SMILES string of the molecule is O=C(Nc1nc(C(=O)N2CCN(c3cccc(C(F)(F)F)c3)CC2)cs1)c1ccc(C(F)(F)F)c(F)c1. The van der Waals surface area contributed by atoms with Crippen LogP contribution in [0.15, 0.2) is 47.8 Å². The maximum atomic E-state index is 13.8. The molecule has 0 aliphatic carbocycles. The van der Waals surface area contributed by atoms with Gasteiger partial charge in [0.15, 0.2) is 5.13 Å². The van der Waals surface area contributed by atoms with Gasteiger partial charge >= 0.3 is 12.4 Å². The van der Waals surface area contributed by atoms with Gasteiger partial charge in [-0.25, -0.2) is 9.37 Å². The van der Waals surface area contributed by atoms with E-state index in [1.807, 2.05) is 0 Å². The fraction of sp³-hybridized carbons (Fsp3) is 0.261. The average molecular weight is 546 g/mol. The summed E-state index contributed by atoms with van der Waals surface area (Å²) in [5.74, 6) is -2.96. The highest BCUT2D eigenvalue weighted by Crippen LogP contribution is 2.33. The second-order valence-corrected chi connectivity index (χ2v) is 8.87. The predicted molar refractivity (Wildman–Crippen MR) is 121 cm³/mol. The molecule has 1 aliphatic rings. The molecule has 1 N–H and O–H groups in total. The number of thiazole rings is 1. The molecule has 0 saturated carbocycles. The summed E-state index contributed by atoms with van der Waals surface area (Å²) < 4.78 is 90.8. The van der Waals surface area contributed by atoms with Crippen molar-refractivity contribution in [3.8, 4) is 0 Å². The molecule has 2 amide bonds. The van der Waals surface area contributed by atoms with Crippen molar-refractivity contribution in [2.75, 3.05) is 36.4 Å². The van der Waals surface area contributed by atoms with Crippen LogP contribution in [0, 0.1) is 5.82 Å². The monoisotopic (exact) mass is 546 g/mol. The molecule has 1 aliphatic heterocycles. The van der Waals surface area contributed by atoms with E-state index >= 15 is 0 Å². The lowest BCUT2D eigenvalue weighted by Crippen LogP contribution is -2.48. The van der Waals surface area contributed by atoms with Crippen molar-refractivity contribution >= 4 is 34.0 Å². The highest BCUT2D eigenvalue weighted by atomic mass is 32.1. The van der Waals surface area contributed by atoms with Crippen molar-refractivity contribution in [2.24, 2.45) is 0 Å². The first-order chi connectivity index (χ1) is 17.3. The summed E-state index contributed by atoms with van der Waals surface area (Å²) in [7, 11) is 0. The number of rotatable bonds is 4. The number of nitrogens with one attached hydrogen (secondary N) is 1. The third-order valence-corrected chi connectivity index (χ3v) is 6.34. The molecule has 1 saturated heterocycles. The molecule has 14 heteroatoms. The molecule has 6 nitrogen and oxygen atoms in total. The Morgan fingerprint density at radius 2 is 1.62 bits per heavy atom. The number of amides is 2. The minimum atomic E-state index is -4.90. The minimum Gasteiger partial charge on any atom is -0.368 e. The number of benzene rings is 2. The van der Waals surface area contributed by atoms with E-state index in [9.17, 15) is 40.3 Å². The molecule has 0 unspecified atom stereocenters. The average Bonchev–Trinajstić information content (AvgIpc) is 3.31. The van der Waals surface area contributed by atoms with E-state index in [-0.39, 0.29) is 29.5 Å². The maximum Gasteiger partial charge on any atom is 0.419 e. The summed E-state index contributed by atoms with van der Waals surface area (Å²) >= 11 is 0.897. The zero-order chi connectivity index (χ0) is 27.0. The number of hydrogen-bond acceptors (Lipinski definition) is 5. The zero-order valence-electron chi connectivity index (χ0n) is 18.7. The molecule has 0 spiro atoms. The highest BCUT2D eigenvalue weighted by Gasteiger charge is 2.34. The molecule has 37 heavy (non-hydrogen) atoms. The molecule has 0 radical (unpaired) electrons. The van der Waals surface area contributed by atoms with Crippen LogP contribution in [0.4, 0.5) is 41.6 Å². The highest BCUT2D eigenvalue weighted by molar-refractivity contribution is 7.14. The van der Waals surface area contributed by atoms with E-state index in [0.29, 0.717) is 30.9 Å². The second-order valence-electron chi connectivity index (χ2n) is 8.01. The number of hydrogen-bond donors (Lipinski definition) is 1. The molecule has 196 valence electrons. The number of carbonyl (C=O) groups excluding carboxylic acids is 2. The summed E-state index contributed by atoms with van der Waals surface area (Å²) in [5.41, 5.74) is -2.23. The fourth-order valence-corrected chi connectivity index (χ4v) is 4.37. The van der Waals surface area contributed by atoms with Crippen molar-refractivity contribution in [2.45, 2.75) is 12.4 Å². The normalized spacial score (nSPS) is 14.6. The van der Waals surface area contributed by atoms with Gasteiger partial charge in [0, 0.05) is 42.8 Å². The Labute approximate surface area is 209 Å². The van der Waals surface area contributed by atoms with E-state index < -0.39 is 41.1 Å². The number of anilines is 2. The molecular formula is C23H17F7N4O2S. The molecule has 3 aromatic rings. The number of carbonyl (C=O) groups is 2. The van der Waals surface area contributed by atoms with Gasteiger partial charge in [0.05, 0.1) is 11.1 Å². The van der Waals surface area contributed by atoms with E-state index in [0.717, 1.165) is 29.5 Å². The van der Waals surface area contributed by atoms with Crippen LogP contribution < -0.4 is 10.2 Å². The number of nitrogens with zero attached hydrogens (tertiary/aromatic N) is 3. The van der Waals surface area contributed by atoms with E-state index in [1.165, 1.54) is 16.3 Å². The number of aromatic nitrogens is 1. The summed E-state index contributed by atoms with van der Waals surface area (Å²) in [5, 5.41) is 3.68. The largest absolute Gasteiger partial charge is 0.419 e. The molecule has 1 aromatic heterocycles. The Balaban J connectivity index is 1.36. The third kappa shape index (κ3) is 6.01. The number of halogens is 7. The summed E-state index contributed by atoms with van der Waals surface area (Å²) in [4.78, 5) is 32.3. The summed E-state index contributed by atoms with van der Waals surface area (Å²) in [6.45, 7) is 1.03. The first kappa shape index (κ1) is 26.4. The van der Waals surface area contributed by atoms with Gasteiger partial charge in [-0.15, -0.1) is 11.3 Å². The topological polar surface area (TPSA) is 65.5 Å². The minimum absolute atomic E-state index is 0.00594. The van der Waals surface area contributed by atoms with Crippen LogP contribution in [-0.4, -0.2) is 47.9 Å². The van der Waals surface area contributed by atoms with Crippen LogP contribution >= 0.6 is 11.3 Å². The van der Waals surface area contributed by atoms with E-state index in [4.69, 9.17) is 0 Å². The van der Waals surface area contributed by atoms with Gasteiger partial charge in [-0.3, -0.25) is 14.9 Å². The Hall–Kier alpha value is -3.68. The number of piperazine rings is 1. The fourth-order valence-electron chi connectivity index (χ4n) is 3.69. The lowest BCUT2D eigenvalue weighted by molar-refractivity contribution is -0.140. The van der Waals surface area contributed by atoms with Gasteiger partial charge in [-0.1, -0.05) is 6.07 Å². The zero-order valence-corrected chi connectivity index (χ0v) is 19.5. The molecule has 1 fully saturated rings. The first-order valence-electron chi connectivity index (χ1n) is 10.7. The molecule has 4 rings (SSSR count). The lowest BCUT2D eigenvalue weighted by Gasteiger charge is -2.36. The van der Waals surface area contributed by atoms with Gasteiger partial charge in [-0.05, 0) is 36.4 Å². The van der Waals surface area contributed by atoms with Crippen LogP contribution in [0.25, 0.3) is 0 Å². The van der Waals surface area contributed by atoms with Crippen molar-refractivity contribution in [1.82, 2.24) is 9.88 Å². The maximum absolute atomic E-state index is 13.8. The van der Waals surface area contributed by atoms with Gasteiger partial charge in [0.2, 0.25) is 0 Å². The third-order valence-electron chi connectivity index (χ3n) is 5.59. The van der Waals surface area contributed by atoms with E-state index in [2.05, 4.69) is 10.3 Å². The molecule has 0 atom stereocenters. The Morgan fingerprint density at radius 3 is 2.24 bits per heavy atom. The second kappa shape index (κ2) is 10.00. The van der Waals surface area contributed by atoms with Crippen molar-refractivity contribution in [1.29, 1.82) is 0 Å². The quantitative estimate of drug-likeness (QED) is 0.437. The van der Waals surface area contributed by atoms with Gasteiger partial charge < -0.3 is 9.80 Å². The lowest BCUT2D eigenvalue weighted by atomic mass is 10.1. The van der Waals surface area contributed by atoms with Gasteiger partial charge in [-0.2, -0.15) is 26.3 Å². The first-order valence-corrected chi connectivity index (χ1v) is 11.6. The van der Waals surface area contributed by atoms with Crippen molar-refractivity contribution in [3.05, 3.63) is 76.0 Å². The summed E-state index contributed by atoms with van der Waals surface area (Å²) in [6, 6.07) is 6.66. The van der Waals surface area contributed by atoms with Crippen LogP contribution in [0.5, 0.6) is 0 Å². The molecule has 2 heterocycles. The summed E-state index contributed by atoms with van der Waals surface area (Å²) in [6.07, 6.45) is -9.37. The molecular weight excluding hydrogens is 529 g/mol. The van der Waals surface area contributed by atoms with Crippen LogP contribution in [-0.2, 0) is 12.4 Å².